The smallest absolute Gasteiger partial charge is 0.227 e. The zero-order chi connectivity index (χ0) is 13.1. The highest BCUT2D eigenvalue weighted by Crippen LogP contribution is 2.21. The molecular formula is C13H18ClN3O. The Bertz CT molecular complexity index is 450. The molecule has 1 aliphatic rings. The maximum absolute atomic E-state index is 12.2. The fourth-order valence-corrected chi connectivity index (χ4v) is 2.47. The summed E-state index contributed by atoms with van der Waals surface area (Å²) in [6.07, 6.45) is 3.38. The number of anilines is 1. The highest BCUT2D eigenvalue weighted by atomic mass is 35.5. The van der Waals surface area contributed by atoms with Crippen LogP contribution in [0.5, 0.6) is 0 Å². The summed E-state index contributed by atoms with van der Waals surface area (Å²) in [5.41, 5.74) is 1.68. The lowest BCUT2D eigenvalue weighted by atomic mass is 9.92. The molecule has 0 aromatic carbocycles. The minimum Gasteiger partial charge on any atom is -0.324 e. The van der Waals surface area contributed by atoms with Gasteiger partial charge in [-0.3, -0.25) is 4.79 Å². The normalized spacial score (nSPS) is 23.7. The number of piperidine rings is 1. The summed E-state index contributed by atoms with van der Waals surface area (Å²) in [4.78, 5) is 16.1. The number of carbonyl (C=O) groups excluding carboxylic acids is 1. The molecule has 5 heteroatoms. The standard InChI is InChI=1S/C13H18ClN3O/c1-8-5-12(14)16-7-11(8)17-13(18)10-3-4-15-9(2)6-10/h5,7,9-10,15H,3-4,6H2,1-2H3,(H,17,18). The van der Waals surface area contributed by atoms with Crippen LogP contribution >= 0.6 is 11.6 Å². The van der Waals surface area contributed by atoms with E-state index in [9.17, 15) is 4.79 Å². The van der Waals surface area contributed by atoms with Crippen LogP contribution in [0.2, 0.25) is 5.15 Å². The predicted molar refractivity (Wildman–Crippen MR) is 72.8 cm³/mol. The molecule has 0 saturated carbocycles. The number of nitrogens with zero attached hydrogens (tertiary/aromatic N) is 1. The second-order valence-corrected chi connectivity index (χ2v) is 5.27. The van der Waals surface area contributed by atoms with Gasteiger partial charge in [-0.2, -0.15) is 0 Å². The highest BCUT2D eigenvalue weighted by molar-refractivity contribution is 6.29. The lowest BCUT2D eigenvalue weighted by Crippen LogP contribution is -2.40. The second-order valence-electron chi connectivity index (χ2n) is 4.89. The molecular weight excluding hydrogens is 250 g/mol. The van der Waals surface area contributed by atoms with E-state index in [2.05, 4.69) is 22.5 Å². The Morgan fingerprint density at radius 2 is 2.39 bits per heavy atom. The molecule has 1 aromatic rings. The molecule has 4 nitrogen and oxygen atoms in total. The van der Waals surface area contributed by atoms with Crippen molar-refractivity contribution in [3.8, 4) is 0 Å². The summed E-state index contributed by atoms with van der Waals surface area (Å²) in [5.74, 6) is 0.159. The number of hydrogen-bond donors (Lipinski definition) is 2. The molecule has 18 heavy (non-hydrogen) atoms. The number of carbonyl (C=O) groups is 1. The first-order valence-corrected chi connectivity index (χ1v) is 6.60. The van der Waals surface area contributed by atoms with Gasteiger partial charge in [-0.1, -0.05) is 11.6 Å². The second kappa shape index (κ2) is 5.67. The van der Waals surface area contributed by atoms with Crippen LogP contribution in [0, 0.1) is 12.8 Å². The molecule has 1 saturated heterocycles. The van der Waals surface area contributed by atoms with Crippen molar-refractivity contribution in [2.75, 3.05) is 11.9 Å². The largest absolute Gasteiger partial charge is 0.324 e. The third-order valence-corrected chi connectivity index (χ3v) is 3.54. The Kier molecular flexibility index (Phi) is 4.19. The van der Waals surface area contributed by atoms with Crippen LogP contribution in [0.1, 0.15) is 25.3 Å². The number of aryl methyl sites for hydroxylation is 1. The van der Waals surface area contributed by atoms with Crippen LogP contribution in [0.3, 0.4) is 0 Å². The van der Waals surface area contributed by atoms with Gasteiger partial charge in [0, 0.05) is 12.0 Å². The summed E-state index contributed by atoms with van der Waals surface area (Å²) in [6, 6.07) is 2.15. The van der Waals surface area contributed by atoms with Gasteiger partial charge in [0.1, 0.15) is 5.15 Å². The average molecular weight is 268 g/mol. The van der Waals surface area contributed by atoms with Gasteiger partial charge >= 0.3 is 0 Å². The van der Waals surface area contributed by atoms with Crippen molar-refractivity contribution in [1.82, 2.24) is 10.3 Å². The molecule has 0 spiro atoms. The fourth-order valence-electron chi connectivity index (χ4n) is 2.26. The number of nitrogens with one attached hydrogen (secondary N) is 2. The summed E-state index contributed by atoms with van der Waals surface area (Å²) in [7, 11) is 0. The van der Waals surface area contributed by atoms with Crippen LogP contribution < -0.4 is 10.6 Å². The summed E-state index contributed by atoms with van der Waals surface area (Å²) < 4.78 is 0. The van der Waals surface area contributed by atoms with E-state index in [0.717, 1.165) is 30.6 Å². The molecule has 1 fully saturated rings. The molecule has 0 radical (unpaired) electrons. The minimum absolute atomic E-state index is 0.0792. The van der Waals surface area contributed by atoms with Crippen molar-refractivity contribution in [2.24, 2.45) is 5.92 Å². The van der Waals surface area contributed by atoms with Gasteiger partial charge in [0.2, 0.25) is 5.91 Å². The minimum atomic E-state index is 0.0792. The van der Waals surface area contributed by atoms with E-state index >= 15 is 0 Å². The van der Waals surface area contributed by atoms with Crippen molar-refractivity contribution in [3.05, 3.63) is 23.0 Å². The average Bonchev–Trinajstić information content (AvgIpc) is 2.32. The van der Waals surface area contributed by atoms with Crippen molar-refractivity contribution < 1.29 is 4.79 Å². The first-order chi connectivity index (χ1) is 8.56. The van der Waals surface area contributed by atoms with Crippen LogP contribution in [0.4, 0.5) is 5.69 Å². The molecule has 0 aliphatic carbocycles. The summed E-state index contributed by atoms with van der Waals surface area (Å²) >= 11 is 5.79. The number of halogens is 1. The maximum Gasteiger partial charge on any atom is 0.227 e. The fraction of sp³-hybridized carbons (Fsp3) is 0.538. The molecule has 2 unspecified atom stereocenters. The molecule has 2 atom stereocenters. The van der Waals surface area contributed by atoms with E-state index in [1.54, 1.807) is 12.3 Å². The van der Waals surface area contributed by atoms with Crippen molar-refractivity contribution >= 4 is 23.2 Å². The van der Waals surface area contributed by atoms with Crippen LogP contribution in [-0.2, 0) is 4.79 Å². The van der Waals surface area contributed by atoms with Crippen LogP contribution in [0.25, 0.3) is 0 Å². The first kappa shape index (κ1) is 13.3. The Hall–Kier alpha value is -1.13. The topological polar surface area (TPSA) is 54.0 Å². The Morgan fingerprint density at radius 1 is 1.61 bits per heavy atom. The lowest BCUT2D eigenvalue weighted by molar-refractivity contribution is -0.120. The molecule has 98 valence electrons. The van der Waals surface area contributed by atoms with E-state index in [4.69, 9.17) is 11.6 Å². The molecule has 2 rings (SSSR count). The molecule has 2 heterocycles. The van der Waals surface area contributed by atoms with Gasteiger partial charge in [0.05, 0.1) is 11.9 Å². The lowest BCUT2D eigenvalue weighted by Gasteiger charge is -2.27. The van der Waals surface area contributed by atoms with Crippen molar-refractivity contribution in [1.29, 1.82) is 0 Å². The number of aromatic nitrogens is 1. The van der Waals surface area contributed by atoms with Gasteiger partial charge in [-0.25, -0.2) is 4.98 Å². The van der Waals surface area contributed by atoms with E-state index in [0.29, 0.717) is 11.2 Å². The van der Waals surface area contributed by atoms with Gasteiger partial charge in [-0.05, 0) is 44.9 Å². The van der Waals surface area contributed by atoms with Crippen LogP contribution in [-0.4, -0.2) is 23.5 Å². The number of hydrogen-bond acceptors (Lipinski definition) is 3. The summed E-state index contributed by atoms with van der Waals surface area (Å²) in [6.45, 7) is 4.92. The number of pyridine rings is 1. The molecule has 1 amide bonds. The summed E-state index contributed by atoms with van der Waals surface area (Å²) in [5, 5.41) is 6.72. The maximum atomic E-state index is 12.2. The Morgan fingerprint density at radius 3 is 3.06 bits per heavy atom. The van der Waals surface area contributed by atoms with Crippen molar-refractivity contribution in [2.45, 2.75) is 32.7 Å². The van der Waals surface area contributed by atoms with Gasteiger partial charge in [-0.15, -0.1) is 0 Å². The van der Waals surface area contributed by atoms with Crippen molar-refractivity contribution in [3.63, 3.8) is 0 Å². The first-order valence-electron chi connectivity index (χ1n) is 6.22. The number of amides is 1. The van der Waals surface area contributed by atoms with Gasteiger partial charge in [0.25, 0.3) is 0 Å². The van der Waals surface area contributed by atoms with E-state index in [1.165, 1.54) is 0 Å². The van der Waals surface area contributed by atoms with E-state index in [1.807, 2.05) is 6.92 Å². The Labute approximate surface area is 112 Å². The third kappa shape index (κ3) is 3.21. The molecule has 0 bridgehead atoms. The SMILES string of the molecule is Cc1cc(Cl)ncc1NC(=O)C1CCNC(C)C1. The molecule has 1 aromatic heterocycles. The van der Waals surface area contributed by atoms with E-state index in [-0.39, 0.29) is 11.8 Å². The third-order valence-electron chi connectivity index (χ3n) is 3.33. The zero-order valence-corrected chi connectivity index (χ0v) is 11.4. The van der Waals surface area contributed by atoms with Gasteiger partial charge < -0.3 is 10.6 Å². The molecule has 2 N–H and O–H groups in total. The number of rotatable bonds is 2. The predicted octanol–water partition coefficient (Wildman–Crippen LogP) is 2.37. The Balaban J connectivity index is 2.02. The van der Waals surface area contributed by atoms with Gasteiger partial charge in [0.15, 0.2) is 0 Å². The quantitative estimate of drug-likeness (QED) is 0.809. The van der Waals surface area contributed by atoms with E-state index < -0.39 is 0 Å². The highest BCUT2D eigenvalue weighted by Gasteiger charge is 2.24. The van der Waals surface area contributed by atoms with Crippen LogP contribution in [0.15, 0.2) is 12.3 Å². The zero-order valence-electron chi connectivity index (χ0n) is 10.7. The monoisotopic (exact) mass is 267 g/mol. The molecule has 1 aliphatic heterocycles.